The zero-order valence-electron chi connectivity index (χ0n) is 11.6. The molecule has 106 valence electrons. The number of hydrogen-bond acceptors (Lipinski definition) is 3. The van der Waals surface area contributed by atoms with Gasteiger partial charge < -0.3 is 5.73 Å². The van der Waals surface area contributed by atoms with Gasteiger partial charge in [0.1, 0.15) is 11.6 Å². The highest BCUT2D eigenvalue weighted by atomic mass is 19.1. The Bertz CT molecular complexity index is 762. The number of benzene rings is 2. The first kappa shape index (κ1) is 13.3. The molecule has 0 aliphatic heterocycles. The van der Waals surface area contributed by atoms with E-state index in [9.17, 15) is 4.39 Å². The zero-order chi connectivity index (χ0) is 14.8. The van der Waals surface area contributed by atoms with Crippen molar-refractivity contribution in [3.63, 3.8) is 0 Å². The average Bonchev–Trinajstić information content (AvgIpc) is 2.93. The summed E-state index contributed by atoms with van der Waals surface area (Å²) in [7, 11) is 0. The van der Waals surface area contributed by atoms with Crippen LogP contribution in [-0.4, -0.2) is 15.2 Å². The maximum absolute atomic E-state index is 12.9. The van der Waals surface area contributed by atoms with Crippen molar-refractivity contribution in [2.24, 2.45) is 0 Å². The monoisotopic (exact) mass is 282 g/mol. The summed E-state index contributed by atoms with van der Waals surface area (Å²) in [5.41, 5.74) is 9.50. The lowest BCUT2D eigenvalue weighted by Crippen LogP contribution is -1.92. The fourth-order valence-electron chi connectivity index (χ4n) is 2.08. The molecule has 0 aliphatic carbocycles. The van der Waals surface area contributed by atoms with Gasteiger partial charge in [-0.15, -0.1) is 0 Å². The molecule has 3 rings (SSSR count). The lowest BCUT2D eigenvalue weighted by molar-refractivity contribution is 0.627. The predicted molar refractivity (Wildman–Crippen MR) is 80.2 cm³/mol. The summed E-state index contributed by atoms with van der Waals surface area (Å²) in [6.07, 6.45) is 0.578. The molecule has 0 amide bonds. The molecule has 4 nitrogen and oxygen atoms in total. The molecular formula is C16H15FN4. The SMILES string of the molecule is Cc1ccc(-c2n[nH]c(Cc3ccc(F)cc3)n2)cc1N. The summed E-state index contributed by atoms with van der Waals surface area (Å²) in [5, 5.41) is 7.11. The third-order valence-electron chi connectivity index (χ3n) is 3.35. The molecule has 0 fully saturated rings. The van der Waals surface area contributed by atoms with E-state index in [-0.39, 0.29) is 5.82 Å². The molecule has 0 bridgehead atoms. The molecule has 2 aromatic carbocycles. The Labute approximate surface area is 121 Å². The number of nitrogens with zero attached hydrogens (tertiary/aromatic N) is 2. The first-order valence-electron chi connectivity index (χ1n) is 6.64. The van der Waals surface area contributed by atoms with E-state index in [1.54, 1.807) is 12.1 Å². The van der Waals surface area contributed by atoms with Gasteiger partial charge in [-0.2, -0.15) is 5.10 Å². The first-order chi connectivity index (χ1) is 10.1. The van der Waals surface area contributed by atoms with Crippen LogP contribution in [0.1, 0.15) is 17.0 Å². The van der Waals surface area contributed by atoms with Gasteiger partial charge in [0, 0.05) is 17.7 Å². The molecule has 0 saturated heterocycles. The standard InChI is InChI=1S/C16H15FN4/c1-10-2-5-12(9-14(10)18)16-19-15(20-21-16)8-11-3-6-13(17)7-4-11/h2-7,9H,8,18H2,1H3,(H,19,20,21). The second kappa shape index (κ2) is 5.36. The minimum atomic E-state index is -0.243. The van der Waals surface area contributed by atoms with Crippen molar-refractivity contribution in [1.82, 2.24) is 15.2 Å². The number of H-pyrrole nitrogens is 1. The van der Waals surface area contributed by atoms with Crippen molar-refractivity contribution in [3.8, 4) is 11.4 Å². The number of nitrogens with one attached hydrogen (secondary N) is 1. The van der Waals surface area contributed by atoms with Gasteiger partial charge in [-0.25, -0.2) is 9.37 Å². The number of hydrogen-bond donors (Lipinski definition) is 2. The molecule has 3 N–H and O–H groups in total. The fraction of sp³-hybridized carbons (Fsp3) is 0.125. The number of aryl methyl sites for hydroxylation is 1. The first-order valence-corrected chi connectivity index (χ1v) is 6.64. The van der Waals surface area contributed by atoms with E-state index < -0.39 is 0 Å². The largest absolute Gasteiger partial charge is 0.398 e. The number of nitrogen functional groups attached to an aromatic ring is 1. The van der Waals surface area contributed by atoms with Gasteiger partial charge in [0.2, 0.25) is 0 Å². The van der Waals surface area contributed by atoms with E-state index in [0.717, 1.165) is 28.2 Å². The zero-order valence-corrected chi connectivity index (χ0v) is 11.6. The van der Waals surface area contributed by atoms with Crippen molar-refractivity contribution in [3.05, 3.63) is 65.2 Å². The Balaban J connectivity index is 1.82. The third-order valence-corrected chi connectivity index (χ3v) is 3.35. The summed E-state index contributed by atoms with van der Waals surface area (Å²) in [6.45, 7) is 1.96. The quantitative estimate of drug-likeness (QED) is 0.725. The molecule has 5 heteroatoms. The van der Waals surface area contributed by atoms with Crippen molar-refractivity contribution >= 4 is 5.69 Å². The van der Waals surface area contributed by atoms with Crippen LogP contribution in [-0.2, 0) is 6.42 Å². The molecular weight excluding hydrogens is 267 g/mol. The highest BCUT2D eigenvalue weighted by Gasteiger charge is 2.08. The van der Waals surface area contributed by atoms with E-state index in [1.807, 2.05) is 25.1 Å². The molecule has 0 atom stereocenters. The number of rotatable bonds is 3. The minimum absolute atomic E-state index is 0.243. The number of anilines is 1. The summed E-state index contributed by atoms with van der Waals surface area (Å²) in [6, 6.07) is 12.1. The number of nitrogens with two attached hydrogens (primary N) is 1. The van der Waals surface area contributed by atoms with Gasteiger partial charge in [-0.05, 0) is 36.2 Å². The summed E-state index contributed by atoms with van der Waals surface area (Å²) >= 11 is 0. The van der Waals surface area contributed by atoms with Crippen LogP contribution in [0.15, 0.2) is 42.5 Å². The average molecular weight is 282 g/mol. The highest BCUT2D eigenvalue weighted by Crippen LogP contribution is 2.21. The van der Waals surface area contributed by atoms with Crippen LogP contribution in [0.4, 0.5) is 10.1 Å². The van der Waals surface area contributed by atoms with Crippen LogP contribution in [0.5, 0.6) is 0 Å². The third kappa shape index (κ3) is 2.91. The van der Waals surface area contributed by atoms with Crippen LogP contribution >= 0.6 is 0 Å². The van der Waals surface area contributed by atoms with E-state index in [1.165, 1.54) is 12.1 Å². The second-order valence-corrected chi connectivity index (χ2v) is 4.98. The summed E-state index contributed by atoms with van der Waals surface area (Å²) in [4.78, 5) is 4.45. The van der Waals surface area contributed by atoms with E-state index in [4.69, 9.17) is 5.73 Å². The topological polar surface area (TPSA) is 67.6 Å². The Morgan fingerprint density at radius 1 is 1.14 bits per heavy atom. The van der Waals surface area contributed by atoms with Crippen LogP contribution < -0.4 is 5.73 Å². The number of halogens is 1. The predicted octanol–water partition coefficient (Wildman–Crippen LogP) is 3.09. The molecule has 21 heavy (non-hydrogen) atoms. The molecule has 0 unspecified atom stereocenters. The lowest BCUT2D eigenvalue weighted by Gasteiger charge is -2.01. The second-order valence-electron chi connectivity index (χ2n) is 4.98. The normalized spacial score (nSPS) is 10.8. The van der Waals surface area contributed by atoms with Crippen molar-refractivity contribution < 1.29 is 4.39 Å². The maximum Gasteiger partial charge on any atom is 0.181 e. The molecule has 1 heterocycles. The van der Waals surface area contributed by atoms with Crippen LogP contribution in [0.3, 0.4) is 0 Å². The molecule has 0 spiro atoms. The van der Waals surface area contributed by atoms with E-state index in [0.29, 0.717) is 12.2 Å². The van der Waals surface area contributed by atoms with Gasteiger partial charge in [0.25, 0.3) is 0 Å². The van der Waals surface area contributed by atoms with Gasteiger partial charge >= 0.3 is 0 Å². The van der Waals surface area contributed by atoms with Crippen molar-refractivity contribution in [2.45, 2.75) is 13.3 Å². The molecule has 0 radical (unpaired) electrons. The van der Waals surface area contributed by atoms with Crippen LogP contribution in [0.25, 0.3) is 11.4 Å². The van der Waals surface area contributed by atoms with Gasteiger partial charge in [-0.3, -0.25) is 5.10 Å². The van der Waals surface area contributed by atoms with Gasteiger partial charge in [0.15, 0.2) is 5.82 Å². The van der Waals surface area contributed by atoms with Crippen molar-refractivity contribution in [2.75, 3.05) is 5.73 Å². The van der Waals surface area contributed by atoms with Gasteiger partial charge in [0.05, 0.1) is 0 Å². The molecule has 0 saturated carbocycles. The molecule has 0 aliphatic rings. The number of aromatic nitrogens is 3. The van der Waals surface area contributed by atoms with Crippen LogP contribution in [0.2, 0.25) is 0 Å². The van der Waals surface area contributed by atoms with E-state index in [2.05, 4.69) is 15.2 Å². The number of aromatic amines is 1. The summed E-state index contributed by atoms with van der Waals surface area (Å²) < 4.78 is 12.9. The minimum Gasteiger partial charge on any atom is -0.398 e. The van der Waals surface area contributed by atoms with Crippen molar-refractivity contribution in [1.29, 1.82) is 0 Å². The summed E-state index contributed by atoms with van der Waals surface area (Å²) in [5.74, 6) is 1.10. The van der Waals surface area contributed by atoms with Gasteiger partial charge in [-0.1, -0.05) is 24.3 Å². The Morgan fingerprint density at radius 3 is 2.62 bits per heavy atom. The van der Waals surface area contributed by atoms with E-state index >= 15 is 0 Å². The lowest BCUT2D eigenvalue weighted by atomic mass is 10.1. The highest BCUT2D eigenvalue weighted by molar-refractivity contribution is 5.63. The molecule has 1 aromatic heterocycles. The fourth-order valence-corrected chi connectivity index (χ4v) is 2.08. The Morgan fingerprint density at radius 2 is 1.90 bits per heavy atom. The smallest absolute Gasteiger partial charge is 0.181 e. The Hall–Kier alpha value is -2.69. The molecule has 3 aromatic rings. The maximum atomic E-state index is 12.9. The van der Waals surface area contributed by atoms with Crippen LogP contribution in [0, 0.1) is 12.7 Å². The Kier molecular flexibility index (Phi) is 3.39.